The van der Waals surface area contributed by atoms with Crippen LogP contribution in [0.1, 0.15) is 19.3 Å². The zero-order valence-electron chi connectivity index (χ0n) is 11.5. The van der Waals surface area contributed by atoms with E-state index in [4.69, 9.17) is 0 Å². The van der Waals surface area contributed by atoms with Crippen molar-refractivity contribution in [2.75, 3.05) is 13.3 Å². The minimum atomic E-state index is 0.160. The Morgan fingerprint density at radius 3 is 2.15 bits per heavy atom. The summed E-state index contributed by atoms with van der Waals surface area (Å²) in [5.41, 5.74) is 0. The lowest BCUT2D eigenvalue weighted by Crippen LogP contribution is -2.52. The number of allylic oxidation sites excluding steroid dienone is 2. The van der Waals surface area contributed by atoms with Gasteiger partial charge in [-0.15, -0.1) is 0 Å². The van der Waals surface area contributed by atoms with Crippen molar-refractivity contribution in [1.82, 2.24) is 9.80 Å². The molecular weight excluding hydrogens is 250 g/mol. The average molecular weight is 269 g/mol. The Balaban J connectivity index is 1.77. The summed E-state index contributed by atoms with van der Waals surface area (Å²) in [6.45, 7) is 1.41. The van der Waals surface area contributed by atoms with E-state index in [0.717, 1.165) is 25.9 Å². The van der Waals surface area contributed by atoms with Crippen LogP contribution in [0.2, 0.25) is 0 Å². The first-order valence-electron chi connectivity index (χ1n) is 7.13. The molecule has 0 saturated heterocycles. The van der Waals surface area contributed by atoms with Crippen LogP contribution >= 0.6 is 0 Å². The molecule has 3 atom stereocenters. The molecule has 0 spiro atoms. The monoisotopic (exact) mass is 269 g/mol. The number of aliphatic imine (C=N–C) groups is 2. The molecule has 3 aliphatic rings. The van der Waals surface area contributed by atoms with Crippen molar-refractivity contribution in [3.05, 3.63) is 24.6 Å². The molecule has 104 valence electrons. The van der Waals surface area contributed by atoms with Crippen LogP contribution in [0.15, 0.2) is 34.5 Å². The lowest BCUT2D eigenvalue weighted by Gasteiger charge is -2.45. The molecule has 20 heavy (non-hydrogen) atoms. The predicted octanol–water partition coefficient (Wildman–Crippen LogP) is 1.76. The van der Waals surface area contributed by atoms with Crippen molar-refractivity contribution in [2.24, 2.45) is 15.9 Å². The maximum atomic E-state index is 9.24. The van der Waals surface area contributed by atoms with Gasteiger partial charge >= 0.3 is 0 Å². The molecular formula is C15H19N5. The van der Waals surface area contributed by atoms with Crippen molar-refractivity contribution in [3.63, 3.8) is 0 Å². The lowest BCUT2D eigenvalue weighted by molar-refractivity contribution is 0.0922. The maximum Gasteiger partial charge on any atom is 0.110 e. The van der Waals surface area contributed by atoms with Crippen molar-refractivity contribution < 1.29 is 0 Å². The number of rotatable bonds is 2. The highest BCUT2D eigenvalue weighted by Crippen LogP contribution is 2.32. The molecule has 1 fully saturated rings. The van der Waals surface area contributed by atoms with Crippen LogP contribution in [-0.4, -0.2) is 47.7 Å². The molecule has 1 saturated carbocycles. The molecule has 0 amide bonds. The third-order valence-corrected chi connectivity index (χ3v) is 4.24. The van der Waals surface area contributed by atoms with E-state index in [1.165, 1.54) is 0 Å². The second kappa shape index (κ2) is 5.91. The Kier molecular flexibility index (Phi) is 3.82. The maximum absolute atomic E-state index is 9.24. The van der Waals surface area contributed by atoms with Gasteiger partial charge in [-0.3, -0.25) is 9.98 Å². The van der Waals surface area contributed by atoms with Crippen molar-refractivity contribution >= 4 is 12.4 Å². The Morgan fingerprint density at radius 1 is 0.950 bits per heavy atom. The van der Waals surface area contributed by atoms with Gasteiger partial charge in [0.2, 0.25) is 0 Å². The average Bonchev–Trinajstić information content (AvgIpc) is 2.56. The molecule has 0 N–H and O–H groups in total. The van der Waals surface area contributed by atoms with Crippen LogP contribution in [0.5, 0.6) is 0 Å². The fraction of sp³-hybridized carbons (Fsp3) is 0.533. The highest BCUT2D eigenvalue weighted by molar-refractivity contribution is 5.72. The zero-order valence-corrected chi connectivity index (χ0v) is 11.5. The summed E-state index contributed by atoms with van der Waals surface area (Å²) in [5, 5.41) is 9.24. The molecule has 3 unspecified atom stereocenters. The fourth-order valence-corrected chi connectivity index (χ4v) is 3.22. The summed E-state index contributed by atoms with van der Waals surface area (Å²) in [6.07, 6.45) is 14.8. The van der Waals surface area contributed by atoms with E-state index in [2.05, 4.69) is 38.3 Å². The molecule has 0 radical (unpaired) electrons. The van der Waals surface area contributed by atoms with Gasteiger partial charge in [0.05, 0.1) is 18.2 Å². The number of nitrogens with zero attached hydrogens (tertiary/aromatic N) is 5. The van der Waals surface area contributed by atoms with E-state index < -0.39 is 0 Å². The van der Waals surface area contributed by atoms with Crippen molar-refractivity contribution in [1.29, 1.82) is 5.26 Å². The number of hydrogen-bond donors (Lipinski definition) is 0. The third kappa shape index (κ3) is 2.60. The predicted molar refractivity (Wildman–Crippen MR) is 79.2 cm³/mol. The van der Waals surface area contributed by atoms with Gasteiger partial charge in [0, 0.05) is 30.7 Å². The molecule has 5 nitrogen and oxygen atoms in total. The Morgan fingerprint density at radius 2 is 1.60 bits per heavy atom. The quantitative estimate of drug-likeness (QED) is 0.767. The summed E-state index contributed by atoms with van der Waals surface area (Å²) in [4.78, 5) is 13.2. The van der Waals surface area contributed by atoms with Crippen molar-refractivity contribution in [2.45, 2.75) is 31.3 Å². The summed E-state index contributed by atoms with van der Waals surface area (Å²) < 4.78 is 0. The standard InChI is InChI=1S/C15H19N5/c16-10-13-3-4-14(19-7-1-5-17-11-19)15(9-13)20-8-2-6-18-12-20/h1-2,5-8,13-15H,3-4,9,11-12H2. The van der Waals surface area contributed by atoms with Crippen LogP contribution < -0.4 is 0 Å². The topological polar surface area (TPSA) is 55.0 Å². The van der Waals surface area contributed by atoms with Gasteiger partial charge in [-0.25, -0.2) is 0 Å². The summed E-state index contributed by atoms with van der Waals surface area (Å²) in [7, 11) is 0. The SMILES string of the molecule is N#CC1CCC(N2C=CC=NC2)C(N2C=CC=NC2)C1. The third-order valence-electron chi connectivity index (χ3n) is 4.24. The molecule has 3 rings (SSSR count). The first kappa shape index (κ1) is 12.9. The second-order valence-electron chi connectivity index (χ2n) is 5.43. The van der Waals surface area contributed by atoms with Gasteiger partial charge in [-0.2, -0.15) is 5.26 Å². The van der Waals surface area contributed by atoms with Gasteiger partial charge in [-0.05, 0) is 31.4 Å². The highest BCUT2D eigenvalue weighted by atomic mass is 15.3. The number of hydrogen-bond acceptors (Lipinski definition) is 5. The van der Waals surface area contributed by atoms with Gasteiger partial charge in [0.15, 0.2) is 0 Å². The van der Waals surface area contributed by atoms with Gasteiger partial charge in [0.25, 0.3) is 0 Å². The zero-order chi connectivity index (χ0) is 13.8. The highest BCUT2D eigenvalue weighted by Gasteiger charge is 2.36. The van der Waals surface area contributed by atoms with E-state index in [0.29, 0.717) is 18.8 Å². The first-order chi connectivity index (χ1) is 9.88. The molecule has 0 aromatic heterocycles. The van der Waals surface area contributed by atoms with Crippen LogP contribution in [0, 0.1) is 17.2 Å². The Bertz CT molecular complexity index is 499. The minimum absolute atomic E-state index is 0.160. The van der Waals surface area contributed by atoms with Crippen molar-refractivity contribution in [3.8, 4) is 6.07 Å². The lowest BCUT2D eigenvalue weighted by atomic mass is 9.81. The van der Waals surface area contributed by atoms with Gasteiger partial charge in [0.1, 0.15) is 13.3 Å². The van der Waals surface area contributed by atoms with E-state index in [1.54, 1.807) is 0 Å². The summed E-state index contributed by atoms with van der Waals surface area (Å²) >= 11 is 0. The smallest absolute Gasteiger partial charge is 0.110 e. The molecule has 2 heterocycles. The number of nitriles is 1. The minimum Gasteiger partial charge on any atom is -0.353 e. The molecule has 0 aromatic rings. The molecule has 5 heteroatoms. The first-order valence-corrected chi connectivity index (χ1v) is 7.13. The van der Waals surface area contributed by atoms with E-state index >= 15 is 0 Å². The second-order valence-corrected chi connectivity index (χ2v) is 5.43. The van der Waals surface area contributed by atoms with E-state index in [1.807, 2.05) is 24.6 Å². The van der Waals surface area contributed by atoms with Crippen LogP contribution in [0.3, 0.4) is 0 Å². The molecule has 2 aliphatic heterocycles. The van der Waals surface area contributed by atoms with Gasteiger partial charge in [-0.1, -0.05) is 0 Å². The Hall–Kier alpha value is -2.09. The fourth-order valence-electron chi connectivity index (χ4n) is 3.22. The van der Waals surface area contributed by atoms with Crippen LogP contribution in [0.25, 0.3) is 0 Å². The van der Waals surface area contributed by atoms with Gasteiger partial charge < -0.3 is 9.80 Å². The van der Waals surface area contributed by atoms with E-state index in [-0.39, 0.29) is 5.92 Å². The molecule has 0 aromatic carbocycles. The normalized spacial score (nSPS) is 32.5. The summed E-state index contributed by atoms with van der Waals surface area (Å²) in [5.74, 6) is 0.160. The largest absolute Gasteiger partial charge is 0.353 e. The molecule has 1 aliphatic carbocycles. The molecule has 0 bridgehead atoms. The van der Waals surface area contributed by atoms with E-state index in [9.17, 15) is 5.26 Å². The van der Waals surface area contributed by atoms with Crippen LogP contribution in [-0.2, 0) is 0 Å². The Labute approximate surface area is 119 Å². The summed E-state index contributed by atoms with van der Waals surface area (Å²) in [6, 6.07) is 3.18. The van der Waals surface area contributed by atoms with Crippen LogP contribution in [0.4, 0.5) is 0 Å².